The molecule has 0 radical (unpaired) electrons. The van der Waals surface area contributed by atoms with Gasteiger partial charge >= 0.3 is 0 Å². The maximum atomic E-state index is 6.16. The fourth-order valence-corrected chi connectivity index (χ4v) is 3.59. The first-order chi connectivity index (χ1) is 9.83. The Morgan fingerprint density at radius 1 is 1.35 bits per heavy atom. The van der Waals surface area contributed by atoms with Gasteiger partial charge in [0.1, 0.15) is 5.75 Å². The minimum absolute atomic E-state index is 0.781. The zero-order chi connectivity index (χ0) is 13.8. The highest BCUT2D eigenvalue weighted by Crippen LogP contribution is 2.34. The lowest BCUT2D eigenvalue weighted by Gasteiger charge is -2.09. The summed E-state index contributed by atoms with van der Waals surface area (Å²) in [5.74, 6) is 3.08. The summed E-state index contributed by atoms with van der Waals surface area (Å²) in [4.78, 5) is 4.13. The van der Waals surface area contributed by atoms with Crippen LogP contribution < -0.4 is 4.74 Å². The van der Waals surface area contributed by atoms with Gasteiger partial charge in [-0.1, -0.05) is 17.7 Å². The Labute approximate surface area is 128 Å². The zero-order valence-corrected chi connectivity index (χ0v) is 12.7. The van der Waals surface area contributed by atoms with Crippen LogP contribution in [0.15, 0.2) is 36.7 Å². The predicted octanol–water partition coefficient (Wildman–Crippen LogP) is 4.15. The van der Waals surface area contributed by atoms with Gasteiger partial charge in [-0.25, -0.2) is 0 Å². The van der Waals surface area contributed by atoms with E-state index in [1.54, 1.807) is 0 Å². The smallest absolute Gasteiger partial charge is 0.126 e. The van der Waals surface area contributed by atoms with Gasteiger partial charge in [0.2, 0.25) is 0 Å². The molecular weight excluding hydrogens is 290 g/mol. The minimum atomic E-state index is 0.781. The monoisotopic (exact) mass is 305 g/mol. The fourth-order valence-electron chi connectivity index (χ4n) is 2.37. The molecule has 0 saturated carbocycles. The Balaban J connectivity index is 1.57. The van der Waals surface area contributed by atoms with Crippen molar-refractivity contribution in [1.29, 1.82) is 0 Å². The molecule has 0 N–H and O–H groups in total. The van der Waals surface area contributed by atoms with Gasteiger partial charge in [-0.2, -0.15) is 11.8 Å². The molecule has 0 saturated heterocycles. The van der Waals surface area contributed by atoms with Gasteiger partial charge in [-0.15, -0.1) is 0 Å². The van der Waals surface area contributed by atoms with Gasteiger partial charge in [0.15, 0.2) is 0 Å². The van der Waals surface area contributed by atoms with Crippen LogP contribution in [0.25, 0.3) is 0 Å². The lowest BCUT2D eigenvalue weighted by molar-refractivity contribution is 0.354. The Bertz CT molecular complexity index is 589. The van der Waals surface area contributed by atoms with Crippen LogP contribution in [0.2, 0.25) is 5.02 Å². The second-order valence-corrected chi connectivity index (χ2v) is 6.36. The summed E-state index contributed by atoms with van der Waals surface area (Å²) in [5, 5.41) is 0.817. The van der Waals surface area contributed by atoms with Gasteiger partial charge in [0.05, 0.1) is 6.61 Å². The van der Waals surface area contributed by atoms with Crippen LogP contribution in [0.5, 0.6) is 5.75 Å². The van der Waals surface area contributed by atoms with Crippen molar-refractivity contribution >= 4 is 23.4 Å². The highest BCUT2D eigenvalue weighted by atomic mass is 35.5. The summed E-state index contributed by atoms with van der Waals surface area (Å²) in [7, 11) is 0. The topological polar surface area (TPSA) is 22.1 Å². The third kappa shape index (κ3) is 3.28. The third-order valence-corrected chi connectivity index (χ3v) is 4.57. The molecule has 0 bridgehead atoms. The van der Waals surface area contributed by atoms with E-state index in [0.717, 1.165) is 41.7 Å². The lowest BCUT2D eigenvalue weighted by atomic mass is 10.1. The van der Waals surface area contributed by atoms with Crippen LogP contribution in [0.4, 0.5) is 0 Å². The number of hydrogen-bond acceptors (Lipinski definition) is 3. The van der Waals surface area contributed by atoms with E-state index in [1.807, 2.05) is 42.4 Å². The van der Waals surface area contributed by atoms with E-state index in [1.165, 1.54) is 16.7 Å². The molecule has 1 aromatic heterocycles. The van der Waals surface area contributed by atoms with E-state index in [-0.39, 0.29) is 0 Å². The molecule has 0 fully saturated rings. The molecule has 1 aliphatic heterocycles. The molecule has 20 heavy (non-hydrogen) atoms. The number of nitrogens with zero attached hydrogens (tertiary/aromatic N) is 1. The Hall–Kier alpha value is -1.19. The van der Waals surface area contributed by atoms with Gasteiger partial charge in [0.25, 0.3) is 0 Å². The van der Waals surface area contributed by atoms with Crippen molar-refractivity contribution in [3.8, 4) is 5.75 Å². The van der Waals surface area contributed by atoms with Crippen LogP contribution in [0.1, 0.15) is 16.7 Å². The highest BCUT2D eigenvalue weighted by Gasteiger charge is 2.17. The minimum Gasteiger partial charge on any atom is -0.493 e. The molecule has 0 spiro atoms. The van der Waals surface area contributed by atoms with Crippen molar-refractivity contribution in [2.75, 3.05) is 12.4 Å². The van der Waals surface area contributed by atoms with E-state index in [2.05, 4.69) is 11.1 Å². The maximum Gasteiger partial charge on any atom is 0.126 e. The number of rotatable bonds is 5. The first kappa shape index (κ1) is 13.8. The standard InChI is InChI=1S/C16H16ClNOS/c17-15-8-13-3-6-19-16(13)14(9-15)11-20-7-4-12-2-1-5-18-10-12/h1-2,5,8-10H,3-4,6-7,11H2. The van der Waals surface area contributed by atoms with Crippen molar-refractivity contribution in [3.63, 3.8) is 0 Å². The number of pyridine rings is 1. The summed E-state index contributed by atoms with van der Waals surface area (Å²) in [6, 6.07) is 8.15. The molecule has 3 rings (SSSR count). The summed E-state index contributed by atoms with van der Waals surface area (Å²) in [6.07, 6.45) is 5.76. The molecule has 2 nitrogen and oxygen atoms in total. The van der Waals surface area contributed by atoms with Crippen molar-refractivity contribution in [3.05, 3.63) is 58.4 Å². The highest BCUT2D eigenvalue weighted by molar-refractivity contribution is 7.98. The van der Waals surface area contributed by atoms with Crippen molar-refractivity contribution in [2.24, 2.45) is 0 Å². The number of hydrogen-bond donors (Lipinski definition) is 0. The van der Waals surface area contributed by atoms with E-state index < -0.39 is 0 Å². The van der Waals surface area contributed by atoms with E-state index in [9.17, 15) is 0 Å². The number of ether oxygens (including phenoxy) is 1. The van der Waals surface area contributed by atoms with Crippen molar-refractivity contribution in [1.82, 2.24) is 4.98 Å². The summed E-state index contributed by atoms with van der Waals surface area (Å²) < 4.78 is 5.72. The van der Waals surface area contributed by atoms with Crippen molar-refractivity contribution < 1.29 is 4.74 Å². The summed E-state index contributed by atoms with van der Waals surface area (Å²) in [5.41, 5.74) is 3.76. The first-order valence-corrected chi connectivity index (χ1v) is 8.27. The Morgan fingerprint density at radius 3 is 3.15 bits per heavy atom. The fraction of sp³-hybridized carbons (Fsp3) is 0.312. The van der Waals surface area contributed by atoms with Gasteiger partial charge in [0, 0.05) is 35.2 Å². The average Bonchev–Trinajstić information content (AvgIpc) is 2.92. The molecule has 4 heteroatoms. The second-order valence-electron chi connectivity index (χ2n) is 4.82. The Kier molecular flexibility index (Phi) is 4.48. The summed E-state index contributed by atoms with van der Waals surface area (Å²) in [6.45, 7) is 0.781. The summed E-state index contributed by atoms with van der Waals surface area (Å²) >= 11 is 8.07. The van der Waals surface area contributed by atoms with Crippen molar-refractivity contribution in [2.45, 2.75) is 18.6 Å². The van der Waals surface area contributed by atoms with Crippen LogP contribution in [-0.4, -0.2) is 17.3 Å². The van der Waals surface area contributed by atoms with Crippen LogP contribution in [0, 0.1) is 0 Å². The molecule has 1 aliphatic rings. The Morgan fingerprint density at radius 2 is 2.30 bits per heavy atom. The number of fused-ring (bicyclic) bond motifs is 1. The molecule has 1 aromatic carbocycles. The number of halogens is 1. The van der Waals surface area contributed by atoms with E-state index in [0.29, 0.717) is 0 Å². The molecule has 2 aromatic rings. The lowest BCUT2D eigenvalue weighted by Crippen LogP contribution is -1.93. The molecule has 0 unspecified atom stereocenters. The molecule has 0 amide bonds. The van der Waals surface area contributed by atoms with Gasteiger partial charge in [-0.3, -0.25) is 4.98 Å². The number of aromatic nitrogens is 1. The van der Waals surface area contributed by atoms with Gasteiger partial charge in [-0.05, 0) is 41.5 Å². The SMILES string of the molecule is Clc1cc2c(c(CSCCc3cccnc3)c1)OCC2. The third-order valence-electron chi connectivity index (χ3n) is 3.34. The average molecular weight is 306 g/mol. The molecule has 0 atom stereocenters. The van der Waals surface area contributed by atoms with E-state index in [4.69, 9.17) is 16.3 Å². The van der Waals surface area contributed by atoms with Crippen LogP contribution in [0.3, 0.4) is 0 Å². The normalized spacial score (nSPS) is 13.1. The van der Waals surface area contributed by atoms with Crippen LogP contribution in [-0.2, 0) is 18.6 Å². The quantitative estimate of drug-likeness (QED) is 0.775. The number of benzene rings is 1. The number of aryl methyl sites for hydroxylation is 1. The largest absolute Gasteiger partial charge is 0.493 e. The zero-order valence-electron chi connectivity index (χ0n) is 11.1. The first-order valence-electron chi connectivity index (χ1n) is 6.73. The second kappa shape index (κ2) is 6.51. The maximum absolute atomic E-state index is 6.16. The number of thioether (sulfide) groups is 1. The van der Waals surface area contributed by atoms with Crippen LogP contribution >= 0.6 is 23.4 Å². The molecular formula is C16H16ClNOS. The van der Waals surface area contributed by atoms with Gasteiger partial charge < -0.3 is 4.74 Å². The molecule has 104 valence electrons. The van der Waals surface area contributed by atoms with E-state index >= 15 is 0 Å². The predicted molar refractivity (Wildman–Crippen MR) is 84.8 cm³/mol. The molecule has 0 aliphatic carbocycles. The molecule has 2 heterocycles.